The molecule has 35 heavy (non-hydrogen) atoms. The van der Waals surface area contributed by atoms with E-state index in [0.29, 0.717) is 31.6 Å². The third kappa shape index (κ3) is 14.6. The lowest BCUT2D eigenvalue weighted by Crippen LogP contribution is -2.57. The van der Waals surface area contributed by atoms with Gasteiger partial charge in [0.2, 0.25) is 23.6 Å². The number of carbonyl (C=O) groups is 5. The van der Waals surface area contributed by atoms with E-state index in [4.69, 9.17) is 17.2 Å². The Labute approximate surface area is 211 Å². The number of amides is 4. The summed E-state index contributed by atoms with van der Waals surface area (Å²) in [6.45, 7) is 4.20. The number of unbranched alkanes of at least 4 members (excludes halogenated alkanes) is 1. The lowest BCUT2D eigenvalue weighted by molar-refractivity contribution is -0.142. The average Bonchev–Trinajstić information content (AvgIpc) is 2.77. The maximum Gasteiger partial charge on any atom is 0.326 e. The quantitative estimate of drug-likeness (QED) is 0.105. The van der Waals surface area contributed by atoms with Gasteiger partial charge in [0.05, 0.1) is 6.04 Å². The highest BCUT2D eigenvalue weighted by Gasteiger charge is 2.30. The SMILES string of the molecule is CSCCC(NC(=O)C(N)CCCCN)C(=O)NC(CC(C)C)C(=O)NC(CCC(N)=O)C(=O)O. The topological polar surface area (TPSA) is 220 Å². The Morgan fingerprint density at radius 2 is 1.43 bits per heavy atom. The molecule has 0 aliphatic rings. The van der Waals surface area contributed by atoms with Gasteiger partial charge in [0.25, 0.3) is 0 Å². The predicted molar refractivity (Wildman–Crippen MR) is 135 cm³/mol. The van der Waals surface area contributed by atoms with Crippen LogP contribution in [0.5, 0.6) is 0 Å². The lowest BCUT2D eigenvalue weighted by atomic mass is 10.0. The number of nitrogens with one attached hydrogen (secondary N) is 3. The minimum Gasteiger partial charge on any atom is -0.480 e. The highest BCUT2D eigenvalue weighted by Crippen LogP contribution is 2.09. The minimum absolute atomic E-state index is 0.00449. The van der Waals surface area contributed by atoms with Crippen molar-refractivity contribution in [2.75, 3.05) is 18.6 Å². The van der Waals surface area contributed by atoms with Crippen LogP contribution in [0.4, 0.5) is 0 Å². The van der Waals surface area contributed by atoms with Gasteiger partial charge in [-0.25, -0.2) is 4.79 Å². The molecule has 0 aromatic rings. The smallest absolute Gasteiger partial charge is 0.326 e. The summed E-state index contributed by atoms with van der Waals surface area (Å²) in [5.41, 5.74) is 16.5. The van der Waals surface area contributed by atoms with E-state index < -0.39 is 53.8 Å². The Morgan fingerprint density at radius 1 is 0.857 bits per heavy atom. The number of thioether (sulfide) groups is 1. The van der Waals surface area contributed by atoms with Crippen LogP contribution < -0.4 is 33.2 Å². The van der Waals surface area contributed by atoms with Gasteiger partial charge in [0.15, 0.2) is 0 Å². The second-order valence-corrected chi connectivity index (χ2v) is 9.81. The molecule has 0 bridgehead atoms. The molecular formula is C22H42N6O6S. The lowest BCUT2D eigenvalue weighted by Gasteiger charge is -2.26. The first-order valence-electron chi connectivity index (χ1n) is 11.8. The largest absolute Gasteiger partial charge is 0.480 e. The monoisotopic (exact) mass is 518 g/mol. The summed E-state index contributed by atoms with van der Waals surface area (Å²) >= 11 is 1.50. The molecule has 0 fully saturated rings. The molecule has 4 atom stereocenters. The summed E-state index contributed by atoms with van der Waals surface area (Å²) < 4.78 is 0. The number of carbonyl (C=O) groups excluding carboxylic acids is 4. The van der Waals surface area contributed by atoms with Crippen molar-refractivity contribution < 1.29 is 29.1 Å². The number of carboxylic acids is 1. The zero-order chi connectivity index (χ0) is 27.0. The molecule has 0 radical (unpaired) electrons. The van der Waals surface area contributed by atoms with Crippen molar-refractivity contribution in [1.29, 1.82) is 0 Å². The van der Waals surface area contributed by atoms with Crippen molar-refractivity contribution in [2.45, 2.75) is 83.0 Å². The molecule has 0 rings (SSSR count). The predicted octanol–water partition coefficient (Wildman–Crippen LogP) is -0.954. The van der Waals surface area contributed by atoms with Crippen LogP contribution in [-0.4, -0.2) is 77.4 Å². The van der Waals surface area contributed by atoms with Gasteiger partial charge in [0.1, 0.15) is 18.1 Å². The first-order chi connectivity index (χ1) is 16.4. The average molecular weight is 519 g/mol. The van der Waals surface area contributed by atoms with Crippen molar-refractivity contribution >= 4 is 41.4 Å². The van der Waals surface area contributed by atoms with E-state index in [0.717, 1.165) is 6.42 Å². The van der Waals surface area contributed by atoms with Crippen LogP contribution in [0.25, 0.3) is 0 Å². The minimum atomic E-state index is -1.33. The van der Waals surface area contributed by atoms with Gasteiger partial charge in [0, 0.05) is 6.42 Å². The molecule has 4 amide bonds. The first-order valence-corrected chi connectivity index (χ1v) is 13.2. The maximum absolute atomic E-state index is 13.0. The highest BCUT2D eigenvalue weighted by molar-refractivity contribution is 7.98. The molecule has 0 saturated heterocycles. The second-order valence-electron chi connectivity index (χ2n) is 8.83. The fraction of sp³-hybridized carbons (Fsp3) is 0.773. The van der Waals surface area contributed by atoms with Crippen LogP contribution >= 0.6 is 11.8 Å². The van der Waals surface area contributed by atoms with Gasteiger partial charge < -0.3 is 38.3 Å². The Balaban J connectivity index is 5.40. The molecule has 10 N–H and O–H groups in total. The summed E-state index contributed by atoms with van der Waals surface area (Å²) in [7, 11) is 0. The first kappa shape index (κ1) is 32.6. The molecule has 0 aromatic carbocycles. The number of hydrogen-bond donors (Lipinski definition) is 7. The van der Waals surface area contributed by atoms with Gasteiger partial charge in [-0.15, -0.1) is 0 Å². The third-order valence-corrected chi connectivity index (χ3v) is 5.83. The Hall–Kier alpha value is -2.38. The van der Waals surface area contributed by atoms with Crippen LogP contribution in [-0.2, 0) is 24.0 Å². The van der Waals surface area contributed by atoms with E-state index in [1.807, 2.05) is 20.1 Å². The molecule has 0 heterocycles. The van der Waals surface area contributed by atoms with Crippen molar-refractivity contribution in [3.63, 3.8) is 0 Å². The van der Waals surface area contributed by atoms with E-state index in [2.05, 4.69) is 16.0 Å². The maximum atomic E-state index is 13.0. The molecule has 0 saturated carbocycles. The Morgan fingerprint density at radius 3 is 1.94 bits per heavy atom. The van der Waals surface area contributed by atoms with E-state index >= 15 is 0 Å². The Bertz CT molecular complexity index is 708. The molecule has 0 aliphatic heterocycles. The van der Waals surface area contributed by atoms with Gasteiger partial charge in [-0.1, -0.05) is 20.3 Å². The van der Waals surface area contributed by atoms with Crippen LogP contribution in [0.2, 0.25) is 0 Å². The van der Waals surface area contributed by atoms with Gasteiger partial charge in [-0.05, 0) is 56.6 Å². The van der Waals surface area contributed by atoms with Gasteiger partial charge >= 0.3 is 5.97 Å². The van der Waals surface area contributed by atoms with Gasteiger partial charge in [-0.2, -0.15) is 11.8 Å². The zero-order valence-electron chi connectivity index (χ0n) is 20.9. The summed E-state index contributed by atoms with van der Waals surface area (Å²) in [5, 5.41) is 17.1. The van der Waals surface area contributed by atoms with Crippen molar-refractivity contribution in [3.8, 4) is 0 Å². The normalized spacial score (nSPS) is 14.5. The summed E-state index contributed by atoms with van der Waals surface area (Å²) in [6.07, 6.45) is 3.88. The van der Waals surface area contributed by atoms with Crippen LogP contribution in [0.3, 0.4) is 0 Å². The molecule has 202 valence electrons. The number of rotatable bonds is 19. The van der Waals surface area contributed by atoms with E-state index in [-0.39, 0.29) is 25.2 Å². The standard InChI is InChI=1S/C22H42N6O6S/c1-13(2)12-17(21(32)27-16(22(33)34)7-8-18(25)29)28-20(31)15(9-11-35-3)26-19(30)14(24)6-4-5-10-23/h13-17H,4-12,23-24H2,1-3H3,(H2,25,29)(H,26,30)(H,27,32)(H,28,31)(H,33,34). The van der Waals surface area contributed by atoms with Crippen molar-refractivity contribution in [2.24, 2.45) is 23.1 Å². The molecule has 12 nitrogen and oxygen atoms in total. The Kier molecular flexibility index (Phi) is 16.7. The van der Waals surface area contributed by atoms with Gasteiger partial charge in [-0.3, -0.25) is 19.2 Å². The van der Waals surface area contributed by atoms with E-state index in [1.54, 1.807) is 0 Å². The highest BCUT2D eigenvalue weighted by atomic mass is 32.2. The number of carboxylic acid groups (broad SMARTS) is 1. The van der Waals surface area contributed by atoms with Crippen molar-refractivity contribution in [1.82, 2.24) is 16.0 Å². The summed E-state index contributed by atoms with van der Waals surface area (Å²) in [5.74, 6) is -3.16. The molecule has 0 aliphatic carbocycles. The van der Waals surface area contributed by atoms with Crippen LogP contribution in [0.15, 0.2) is 0 Å². The van der Waals surface area contributed by atoms with Crippen molar-refractivity contribution in [3.05, 3.63) is 0 Å². The molecule has 0 spiro atoms. The summed E-state index contributed by atoms with van der Waals surface area (Å²) in [6, 6.07) is -4.07. The van der Waals surface area contributed by atoms with Crippen LogP contribution in [0.1, 0.15) is 58.8 Å². The molecular weight excluding hydrogens is 476 g/mol. The second kappa shape index (κ2) is 18.0. The number of hydrogen-bond acceptors (Lipinski definition) is 8. The van der Waals surface area contributed by atoms with Crippen LogP contribution in [0, 0.1) is 5.92 Å². The number of aliphatic carboxylic acids is 1. The zero-order valence-corrected chi connectivity index (χ0v) is 21.7. The third-order valence-electron chi connectivity index (χ3n) is 5.18. The molecule has 0 aromatic heterocycles. The number of nitrogens with two attached hydrogens (primary N) is 3. The molecule has 4 unspecified atom stereocenters. The fourth-order valence-electron chi connectivity index (χ4n) is 3.21. The summed E-state index contributed by atoms with van der Waals surface area (Å²) in [4.78, 5) is 60.9. The van der Waals surface area contributed by atoms with E-state index in [9.17, 15) is 29.1 Å². The number of primary amides is 1. The van der Waals surface area contributed by atoms with E-state index in [1.165, 1.54) is 11.8 Å². The fourth-order valence-corrected chi connectivity index (χ4v) is 3.69. The molecule has 13 heteroatoms.